The van der Waals surface area contributed by atoms with Gasteiger partial charge < -0.3 is 15.1 Å². The second-order valence-corrected chi connectivity index (χ2v) is 10.9. The van der Waals surface area contributed by atoms with E-state index >= 15 is 0 Å². The first-order valence-electron chi connectivity index (χ1n) is 12.4. The van der Waals surface area contributed by atoms with Crippen molar-refractivity contribution in [3.05, 3.63) is 40.7 Å². The van der Waals surface area contributed by atoms with Gasteiger partial charge in [-0.25, -0.2) is 15.0 Å². The van der Waals surface area contributed by atoms with Crippen LogP contribution in [0.3, 0.4) is 0 Å². The van der Waals surface area contributed by atoms with Gasteiger partial charge in [0.1, 0.15) is 22.8 Å². The molecule has 0 atom stereocenters. The molecule has 2 aliphatic heterocycles. The summed E-state index contributed by atoms with van der Waals surface area (Å²) in [5.74, 6) is 1.77. The summed E-state index contributed by atoms with van der Waals surface area (Å²) in [5.41, 5.74) is 2.31. The monoisotopic (exact) mass is 492 g/mol. The largest absolute Gasteiger partial charge is 0.356 e. The number of nitrogens with zero attached hydrogens (tertiary/aromatic N) is 5. The number of likely N-dealkylation sites (tertiary alicyclic amines) is 1. The van der Waals surface area contributed by atoms with Crippen LogP contribution in [0.2, 0.25) is 0 Å². The zero-order chi connectivity index (χ0) is 24.5. The van der Waals surface area contributed by atoms with Crippen LogP contribution >= 0.6 is 11.3 Å². The van der Waals surface area contributed by atoms with Gasteiger partial charge in [0.2, 0.25) is 11.8 Å². The number of amides is 2. The lowest BCUT2D eigenvalue weighted by molar-refractivity contribution is -0.139. The maximum Gasteiger partial charge on any atom is 0.228 e. The fraction of sp³-hybridized carbons (Fsp3) is 0.500. The molecule has 0 unspecified atom stereocenters. The number of hydrogen-bond acceptors (Lipinski definition) is 7. The predicted molar refractivity (Wildman–Crippen MR) is 139 cm³/mol. The first-order valence-corrected chi connectivity index (χ1v) is 13.2. The van der Waals surface area contributed by atoms with Crippen molar-refractivity contribution >= 4 is 45.0 Å². The molecule has 35 heavy (non-hydrogen) atoms. The van der Waals surface area contributed by atoms with Gasteiger partial charge in [0, 0.05) is 49.1 Å². The second kappa shape index (κ2) is 9.89. The van der Waals surface area contributed by atoms with Gasteiger partial charge in [-0.3, -0.25) is 9.59 Å². The van der Waals surface area contributed by atoms with E-state index in [0.717, 1.165) is 47.5 Å². The number of aryl methyl sites for hydroxylation is 3. The minimum atomic E-state index is -0.0820. The van der Waals surface area contributed by atoms with E-state index in [1.807, 2.05) is 24.0 Å². The van der Waals surface area contributed by atoms with Gasteiger partial charge in [-0.15, -0.1) is 11.3 Å². The van der Waals surface area contributed by atoms with Crippen LogP contribution in [-0.2, 0) is 9.59 Å². The number of piperidine rings is 2. The smallest absolute Gasteiger partial charge is 0.228 e. The van der Waals surface area contributed by atoms with E-state index in [1.165, 1.54) is 10.4 Å². The van der Waals surface area contributed by atoms with E-state index in [0.29, 0.717) is 31.7 Å². The third kappa shape index (κ3) is 4.87. The van der Waals surface area contributed by atoms with E-state index in [2.05, 4.69) is 39.0 Å². The predicted octanol–water partition coefficient (Wildman–Crippen LogP) is 4.11. The molecule has 0 saturated carbocycles. The van der Waals surface area contributed by atoms with Crippen LogP contribution in [0.1, 0.15) is 41.7 Å². The van der Waals surface area contributed by atoms with Crippen molar-refractivity contribution in [3.63, 3.8) is 0 Å². The molecule has 2 amide bonds. The SMILES string of the molecule is Cc1ccc(NC(=O)C2CCN(C(=O)C3CCN(c4ncnc5sc(C)c(C)c45)CC3)CC2)nc1. The number of thiophene rings is 1. The van der Waals surface area contributed by atoms with Gasteiger partial charge in [-0.1, -0.05) is 6.07 Å². The summed E-state index contributed by atoms with van der Waals surface area (Å²) >= 11 is 1.71. The minimum Gasteiger partial charge on any atom is -0.356 e. The molecular weight excluding hydrogens is 460 g/mol. The zero-order valence-corrected chi connectivity index (χ0v) is 21.4. The highest BCUT2D eigenvalue weighted by molar-refractivity contribution is 7.18. The lowest BCUT2D eigenvalue weighted by Gasteiger charge is -2.37. The Labute approximate surface area is 209 Å². The van der Waals surface area contributed by atoms with Crippen LogP contribution in [-0.4, -0.2) is 57.8 Å². The average molecular weight is 493 g/mol. The molecular formula is C26H32N6O2S. The topological polar surface area (TPSA) is 91.3 Å². The summed E-state index contributed by atoms with van der Waals surface area (Å²) in [7, 11) is 0. The van der Waals surface area contributed by atoms with E-state index < -0.39 is 0 Å². The lowest BCUT2D eigenvalue weighted by atomic mass is 9.91. The number of rotatable bonds is 4. The highest BCUT2D eigenvalue weighted by Gasteiger charge is 2.33. The number of aromatic nitrogens is 3. The van der Waals surface area contributed by atoms with E-state index in [1.54, 1.807) is 23.9 Å². The van der Waals surface area contributed by atoms with E-state index in [9.17, 15) is 9.59 Å². The van der Waals surface area contributed by atoms with Crippen LogP contribution < -0.4 is 10.2 Å². The Balaban J connectivity index is 1.14. The molecule has 2 aliphatic rings. The van der Waals surface area contributed by atoms with Gasteiger partial charge in [0.15, 0.2) is 0 Å². The maximum absolute atomic E-state index is 13.2. The Morgan fingerprint density at radius 1 is 0.943 bits per heavy atom. The summed E-state index contributed by atoms with van der Waals surface area (Å²) < 4.78 is 0. The summed E-state index contributed by atoms with van der Waals surface area (Å²) in [6.07, 6.45) is 6.44. The molecule has 0 radical (unpaired) electrons. The molecule has 5 heterocycles. The van der Waals surface area contributed by atoms with Gasteiger partial charge in [-0.2, -0.15) is 0 Å². The van der Waals surface area contributed by atoms with Crippen molar-refractivity contribution in [2.24, 2.45) is 11.8 Å². The fourth-order valence-electron chi connectivity index (χ4n) is 5.13. The molecule has 5 rings (SSSR count). The second-order valence-electron chi connectivity index (χ2n) is 9.73. The minimum absolute atomic E-state index is 0.00288. The van der Waals surface area contributed by atoms with Crippen LogP contribution in [0.4, 0.5) is 11.6 Å². The van der Waals surface area contributed by atoms with Crippen molar-refractivity contribution in [1.29, 1.82) is 0 Å². The molecule has 8 nitrogen and oxygen atoms in total. The first-order chi connectivity index (χ1) is 16.9. The van der Waals surface area contributed by atoms with Gasteiger partial charge in [0.25, 0.3) is 0 Å². The van der Waals surface area contributed by atoms with Crippen molar-refractivity contribution in [1.82, 2.24) is 19.9 Å². The van der Waals surface area contributed by atoms with Gasteiger partial charge in [0.05, 0.1) is 5.39 Å². The van der Waals surface area contributed by atoms with Gasteiger partial charge >= 0.3 is 0 Å². The average Bonchev–Trinajstić information content (AvgIpc) is 3.18. The number of carbonyl (C=O) groups is 2. The van der Waals surface area contributed by atoms with Crippen LogP contribution in [0.15, 0.2) is 24.7 Å². The summed E-state index contributed by atoms with van der Waals surface area (Å²) in [6, 6.07) is 3.76. The fourth-order valence-corrected chi connectivity index (χ4v) is 6.12. The molecule has 9 heteroatoms. The Morgan fingerprint density at radius 3 is 2.34 bits per heavy atom. The highest BCUT2D eigenvalue weighted by atomic mass is 32.1. The highest BCUT2D eigenvalue weighted by Crippen LogP contribution is 2.36. The number of fused-ring (bicyclic) bond motifs is 1. The molecule has 3 aromatic rings. The van der Waals surface area contributed by atoms with Crippen LogP contribution in [0.5, 0.6) is 0 Å². The number of carbonyl (C=O) groups excluding carboxylic acids is 2. The summed E-state index contributed by atoms with van der Waals surface area (Å²) in [5, 5.41) is 4.07. The Morgan fingerprint density at radius 2 is 1.66 bits per heavy atom. The number of anilines is 2. The summed E-state index contributed by atoms with van der Waals surface area (Å²) in [6.45, 7) is 9.14. The molecule has 0 aromatic carbocycles. The van der Waals surface area contributed by atoms with Crippen molar-refractivity contribution < 1.29 is 9.59 Å². The Bertz CT molecular complexity index is 1220. The molecule has 1 N–H and O–H groups in total. The molecule has 2 fully saturated rings. The molecule has 0 bridgehead atoms. The van der Waals surface area contributed by atoms with E-state index in [4.69, 9.17) is 0 Å². The molecule has 3 aromatic heterocycles. The van der Waals surface area contributed by atoms with Crippen molar-refractivity contribution in [2.75, 3.05) is 36.4 Å². The third-order valence-corrected chi connectivity index (χ3v) is 8.54. The third-order valence-electron chi connectivity index (χ3n) is 7.43. The maximum atomic E-state index is 13.2. The number of hydrogen-bond donors (Lipinski definition) is 1. The number of pyridine rings is 1. The normalized spacial score (nSPS) is 17.7. The van der Waals surface area contributed by atoms with Gasteiger partial charge in [-0.05, 0) is 63.6 Å². The summed E-state index contributed by atoms with van der Waals surface area (Å²) in [4.78, 5) is 45.8. The molecule has 2 saturated heterocycles. The lowest BCUT2D eigenvalue weighted by Crippen LogP contribution is -2.46. The Hall–Kier alpha value is -3.07. The zero-order valence-electron chi connectivity index (χ0n) is 20.6. The van der Waals surface area contributed by atoms with Crippen molar-refractivity contribution in [3.8, 4) is 0 Å². The van der Waals surface area contributed by atoms with Crippen LogP contribution in [0.25, 0.3) is 10.2 Å². The van der Waals surface area contributed by atoms with E-state index in [-0.39, 0.29) is 23.7 Å². The van der Waals surface area contributed by atoms with Crippen LogP contribution in [0, 0.1) is 32.6 Å². The molecule has 0 aliphatic carbocycles. The number of nitrogens with one attached hydrogen (secondary N) is 1. The standard InChI is InChI=1S/C26H32N6O2S/c1-16-4-5-21(27-14-16)30-24(33)19-6-12-32(13-7-19)26(34)20-8-10-31(11-9-20)23-22-17(2)18(3)35-25(22)29-15-28-23/h4-5,14-15,19-20H,6-13H2,1-3H3,(H,27,30,33). The van der Waals surface area contributed by atoms with Crippen molar-refractivity contribution in [2.45, 2.75) is 46.5 Å². The quantitative estimate of drug-likeness (QED) is 0.590. The molecule has 0 spiro atoms. The first kappa shape index (κ1) is 23.7. The Kier molecular flexibility index (Phi) is 6.69. The molecule has 184 valence electrons.